The molecule has 3 heterocycles. The summed E-state index contributed by atoms with van der Waals surface area (Å²) in [6, 6.07) is 12.1. The molecule has 4 N–H and O–H groups in total. The third-order valence-corrected chi connectivity index (χ3v) is 5.02. The van der Waals surface area contributed by atoms with Crippen molar-refractivity contribution < 1.29 is 18.7 Å². The van der Waals surface area contributed by atoms with Gasteiger partial charge >= 0.3 is 5.63 Å². The van der Waals surface area contributed by atoms with Crippen LogP contribution in [0.5, 0.6) is 5.75 Å². The zero-order chi connectivity index (χ0) is 23.2. The molecule has 0 unspecified atom stereocenters. The van der Waals surface area contributed by atoms with Crippen molar-refractivity contribution in [1.29, 1.82) is 0 Å². The number of carbonyl (C=O) groups is 1. The quantitative estimate of drug-likeness (QED) is 0.310. The van der Waals surface area contributed by atoms with E-state index in [2.05, 4.69) is 25.9 Å². The van der Waals surface area contributed by atoms with Gasteiger partial charge in [0.05, 0.1) is 18.5 Å². The van der Waals surface area contributed by atoms with Crippen LogP contribution in [0.2, 0.25) is 0 Å². The number of hydrogen-bond acceptors (Lipinski definition) is 11. The summed E-state index contributed by atoms with van der Waals surface area (Å²) in [6.45, 7) is 0.396. The summed E-state index contributed by atoms with van der Waals surface area (Å²) in [5.41, 5.74) is 5.94. The number of anilines is 4. The molecule has 3 aromatic heterocycles. The van der Waals surface area contributed by atoms with Crippen molar-refractivity contribution in [3.05, 3.63) is 64.8 Å². The molecule has 0 atom stereocenters. The Morgan fingerprint density at radius 3 is 2.76 bits per heavy atom. The first-order valence-corrected chi connectivity index (χ1v) is 10.4. The lowest BCUT2D eigenvalue weighted by molar-refractivity contribution is 0.0990. The van der Waals surface area contributed by atoms with E-state index in [0.29, 0.717) is 16.6 Å². The Balaban J connectivity index is 1.59. The molecular weight excluding hydrogens is 450 g/mol. The number of nitrogens with two attached hydrogens (primary N) is 1. The van der Waals surface area contributed by atoms with Crippen LogP contribution in [-0.4, -0.2) is 46.2 Å². The Labute approximate surface area is 191 Å². The normalized spacial score (nSPS) is 10.7. The van der Waals surface area contributed by atoms with Crippen LogP contribution in [0.3, 0.4) is 0 Å². The first kappa shape index (κ1) is 22.0. The first-order chi connectivity index (χ1) is 16.0. The molecule has 4 aromatic rings. The number of methoxy groups -OCH3 is 1. The van der Waals surface area contributed by atoms with E-state index >= 15 is 0 Å². The predicted molar refractivity (Wildman–Crippen MR) is 121 cm³/mol. The van der Waals surface area contributed by atoms with E-state index in [4.69, 9.17) is 19.6 Å². The first-order valence-electron chi connectivity index (χ1n) is 9.62. The van der Waals surface area contributed by atoms with Crippen molar-refractivity contribution in [2.75, 3.05) is 36.7 Å². The number of nitrogens with one attached hydrogen (secondary N) is 2. The number of nitrogen functional groups attached to an aromatic ring is 1. The maximum atomic E-state index is 12.8. The van der Waals surface area contributed by atoms with Crippen molar-refractivity contribution in [1.82, 2.24) is 20.0 Å². The topological polar surface area (TPSA) is 159 Å². The highest BCUT2D eigenvalue weighted by atomic mass is 32.1. The lowest BCUT2D eigenvalue weighted by Crippen LogP contribution is -2.18. The number of benzene rings is 1. The molecular formula is C20H19N7O5S. The number of nitrogens with zero attached hydrogens (tertiary/aromatic N) is 4. The fraction of sp³-hybridized carbons (Fsp3) is 0.150. The summed E-state index contributed by atoms with van der Waals surface area (Å²) in [6.07, 6.45) is 1.52. The van der Waals surface area contributed by atoms with Gasteiger partial charge in [0.15, 0.2) is 5.76 Å². The molecule has 0 aliphatic carbocycles. The average Bonchev–Trinajstić information content (AvgIpc) is 3.44. The number of carbonyl (C=O) groups excluding carboxylic acids is 1. The molecule has 1 amide bonds. The van der Waals surface area contributed by atoms with Gasteiger partial charge in [0.25, 0.3) is 5.91 Å². The van der Waals surface area contributed by atoms with Gasteiger partial charge < -0.3 is 24.9 Å². The Hall–Kier alpha value is -4.23. The largest absolute Gasteiger partial charge is 0.483 e. The van der Waals surface area contributed by atoms with Crippen LogP contribution in [0.25, 0.3) is 5.13 Å². The van der Waals surface area contributed by atoms with Gasteiger partial charge in [0.1, 0.15) is 12.4 Å². The SMILES string of the molecule is COCCOc1c(Nc2ccccc2)cc(C(=O)Nc2nnc(-n3nccc3N)s2)oc1=O. The van der Waals surface area contributed by atoms with Gasteiger partial charge in [-0.3, -0.25) is 10.1 Å². The summed E-state index contributed by atoms with van der Waals surface area (Å²) in [4.78, 5) is 25.4. The minimum absolute atomic E-state index is 0.0696. The minimum atomic E-state index is -0.820. The number of hydrogen-bond donors (Lipinski definition) is 3. The number of para-hydroxylation sites is 1. The Morgan fingerprint density at radius 1 is 1.21 bits per heavy atom. The highest BCUT2D eigenvalue weighted by molar-refractivity contribution is 7.17. The van der Waals surface area contributed by atoms with E-state index < -0.39 is 11.5 Å². The van der Waals surface area contributed by atoms with Crippen LogP contribution in [0.1, 0.15) is 10.6 Å². The lowest BCUT2D eigenvalue weighted by atomic mass is 10.2. The molecule has 0 radical (unpaired) electrons. The third-order valence-electron chi connectivity index (χ3n) is 4.21. The molecule has 4 rings (SSSR count). The molecule has 0 aliphatic rings. The smallest absolute Gasteiger partial charge is 0.381 e. The number of rotatable bonds is 9. The average molecular weight is 469 g/mol. The zero-order valence-electron chi connectivity index (χ0n) is 17.3. The van der Waals surface area contributed by atoms with Crippen molar-refractivity contribution >= 4 is 39.6 Å². The second kappa shape index (κ2) is 9.93. The fourth-order valence-corrected chi connectivity index (χ4v) is 3.43. The second-order valence-corrected chi connectivity index (χ2v) is 7.44. The molecule has 0 spiro atoms. The number of aromatic nitrogens is 4. The molecule has 33 heavy (non-hydrogen) atoms. The van der Waals surface area contributed by atoms with Gasteiger partial charge in [-0.25, -0.2) is 4.79 Å². The highest BCUT2D eigenvalue weighted by Gasteiger charge is 2.20. The van der Waals surface area contributed by atoms with Gasteiger partial charge in [0.2, 0.25) is 16.0 Å². The Morgan fingerprint density at radius 2 is 2.03 bits per heavy atom. The summed E-state index contributed by atoms with van der Waals surface area (Å²) in [5.74, 6) is -0.633. The van der Waals surface area contributed by atoms with Crippen LogP contribution in [0.15, 0.2) is 57.9 Å². The second-order valence-electron chi connectivity index (χ2n) is 6.48. The zero-order valence-corrected chi connectivity index (χ0v) is 18.2. The summed E-state index contributed by atoms with van der Waals surface area (Å²) >= 11 is 1.05. The predicted octanol–water partition coefficient (Wildman–Crippen LogP) is 2.28. The van der Waals surface area contributed by atoms with Crippen LogP contribution < -0.4 is 26.7 Å². The van der Waals surface area contributed by atoms with Crippen LogP contribution in [0, 0.1) is 0 Å². The Kier molecular flexibility index (Phi) is 6.61. The van der Waals surface area contributed by atoms with E-state index in [0.717, 1.165) is 11.3 Å². The van der Waals surface area contributed by atoms with Crippen molar-refractivity contribution in [2.24, 2.45) is 0 Å². The molecule has 170 valence electrons. The lowest BCUT2D eigenvalue weighted by Gasteiger charge is -2.13. The van der Waals surface area contributed by atoms with Crippen molar-refractivity contribution in [3.8, 4) is 10.9 Å². The summed E-state index contributed by atoms with van der Waals surface area (Å²) in [7, 11) is 1.52. The number of amides is 1. The molecule has 0 saturated heterocycles. The van der Waals surface area contributed by atoms with Gasteiger partial charge in [-0.15, -0.1) is 10.2 Å². The van der Waals surface area contributed by atoms with Crippen LogP contribution >= 0.6 is 11.3 Å². The molecule has 0 fully saturated rings. The summed E-state index contributed by atoms with van der Waals surface area (Å²) < 4.78 is 17.1. The standard InChI is InChI=1S/C20H19N7O5S/c1-30-9-10-31-16-13(23-12-5-3-2-4-6-12)11-14(32-18(16)29)17(28)24-19-25-26-20(33-19)27-15(21)7-8-22-27/h2-8,11,23H,9-10,21H2,1H3,(H,24,25,28). The van der Waals surface area contributed by atoms with Gasteiger partial charge in [-0.2, -0.15) is 9.78 Å². The Bertz CT molecular complexity index is 1300. The highest BCUT2D eigenvalue weighted by Crippen LogP contribution is 2.27. The van der Waals surface area contributed by atoms with E-state index in [1.54, 1.807) is 18.2 Å². The third kappa shape index (κ3) is 5.16. The molecule has 0 aliphatic heterocycles. The minimum Gasteiger partial charge on any atom is -0.483 e. The van der Waals surface area contributed by atoms with Gasteiger partial charge in [-0.1, -0.05) is 29.5 Å². The van der Waals surface area contributed by atoms with Crippen molar-refractivity contribution in [3.63, 3.8) is 0 Å². The molecule has 12 nitrogen and oxygen atoms in total. The van der Waals surface area contributed by atoms with E-state index in [9.17, 15) is 9.59 Å². The molecule has 0 saturated carbocycles. The monoisotopic (exact) mass is 469 g/mol. The fourth-order valence-electron chi connectivity index (χ4n) is 2.71. The van der Waals surface area contributed by atoms with Crippen LogP contribution in [0.4, 0.5) is 22.3 Å². The molecule has 1 aromatic carbocycles. The van der Waals surface area contributed by atoms with Gasteiger partial charge in [-0.05, 0) is 12.1 Å². The summed E-state index contributed by atoms with van der Waals surface area (Å²) in [5, 5.41) is 18.1. The van der Waals surface area contributed by atoms with Gasteiger partial charge in [0, 0.05) is 24.9 Å². The maximum Gasteiger partial charge on any atom is 0.381 e. The van der Waals surface area contributed by atoms with E-state index in [1.165, 1.54) is 24.1 Å². The van der Waals surface area contributed by atoms with Crippen LogP contribution in [-0.2, 0) is 4.74 Å². The molecule has 0 bridgehead atoms. The molecule has 13 heteroatoms. The van der Waals surface area contributed by atoms with E-state index in [1.807, 2.05) is 18.2 Å². The maximum absolute atomic E-state index is 12.8. The van der Waals surface area contributed by atoms with E-state index in [-0.39, 0.29) is 35.5 Å². The number of ether oxygens (including phenoxy) is 2. The van der Waals surface area contributed by atoms with Crippen molar-refractivity contribution in [2.45, 2.75) is 0 Å².